The normalized spacial score (nSPS) is 33.0. The summed E-state index contributed by atoms with van der Waals surface area (Å²) in [5.41, 5.74) is 0. The fraction of sp³-hybridized carbons (Fsp3) is 0.881. The maximum Gasteiger partial charge on any atom is 0.310 e. The van der Waals surface area contributed by atoms with Crippen LogP contribution < -0.4 is 0 Å². The zero-order chi connectivity index (χ0) is 39.4. The Morgan fingerprint density at radius 1 is 0.482 bits per heavy atom. The summed E-state index contributed by atoms with van der Waals surface area (Å²) in [4.78, 5) is 66.6. The minimum Gasteiger partial charge on any atom is -0.466 e. The van der Waals surface area contributed by atoms with Crippen molar-refractivity contribution < 1.29 is 67.3 Å². The Hall–Kier alpha value is -2.81. The summed E-state index contributed by atoms with van der Waals surface area (Å²) in [6.45, 7) is 0.756. The van der Waals surface area contributed by atoms with E-state index in [0.29, 0.717) is 45.1 Å². The van der Waals surface area contributed by atoms with E-state index in [1.807, 2.05) is 0 Å². The van der Waals surface area contributed by atoms with Crippen molar-refractivity contribution in [1.82, 2.24) is 0 Å². The predicted molar refractivity (Wildman–Crippen MR) is 197 cm³/mol. The number of aliphatic hydroxyl groups is 2. The third-order valence-electron chi connectivity index (χ3n) is 12.8. The van der Waals surface area contributed by atoms with E-state index in [4.69, 9.17) is 33.2 Å². The van der Waals surface area contributed by atoms with Crippen LogP contribution in [0.15, 0.2) is 0 Å². The quantitative estimate of drug-likeness (QED) is 0.0713. The molecule has 6 rings (SSSR count). The van der Waals surface area contributed by atoms with Gasteiger partial charge in [0, 0.05) is 6.42 Å². The van der Waals surface area contributed by atoms with Gasteiger partial charge < -0.3 is 43.4 Å². The molecule has 0 aromatic carbocycles. The van der Waals surface area contributed by atoms with Gasteiger partial charge in [0.25, 0.3) is 0 Å². The van der Waals surface area contributed by atoms with E-state index >= 15 is 0 Å². The smallest absolute Gasteiger partial charge is 0.310 e. The number of rotatable bonds is 21. The van der Waals surface area contributed by atoms with Crippen LogP contribution in [0.4, 0.5) is 0 Å². The molecular formula is C42H64O14. The second-order valence-corrected chi connectivity index (χ2v) is 17.4. The molecule has 2 heterocycles. The lowest BCUT2D eigenvalue weighted by Gasteiger charge is -2.27. The van der Waals surface area contributed by atoms with E-state index in [9.17, 15) is 34.2 Å². The van der Waals surface area contributed by atoms with Crippen molar-refractivity contribution in [3.05, 3.63) is 0 Å². The standard InChI is InChI=1S/C42H64O14/c43-30-12-8-26(9-13-30)22-52-40(47)21-33(42(49)54-25-29-11-15-35-37(19-29)56-35)32(41(48)53-24-28-10-14-34-36(18-28)55-34)20-39(46)50-16-3-1-2-7-38(45)51-23-27-5-4-6-31(44)17-27/h26-37,43-44H,1-25H2. The van der Waals surface area contributed by atoms with Crippen LogP contribution in [0.5, 0.6) is 0 Å². The molecule has 4 saturated carbocycles. The molecule has 0 aromatic heterocycles. The lowest BCUT2D eigenvalue weighted by Crippen LogP contribution is -2.38. The van der Waals surface area contributed by atoms with Crippen molar-refractivity contribution in [1.29, 1.82) is 0 Å². The van der Waals surface area contributed by atoms with Crippen LogP contribution in [-0.2, 0) is 57.1 Å². The number of esters is 5. The van der Waals surface area contributed by atoms with Gasteiger partial charge in [0.15, 0.2) is 0 Å². The minimum atomic E-state index is -1.33. The molecule has 0 spiro atoms. The fourth-order valence-corrected chi connectivity index (χ4v) is 9.10. The first kappa shape index (κ1) is 42.8. The van der Waals surface area contributed by atoms with Crippen LogP contribution in [0.25, 0.3) is 0 Å². The first-order valence-electron chi connectivity index (χ1n) is 21.6. The van der Waals surface area contributed by atoms with Gasteiger partial charge in [-0.15, -0.1) is 0 Å². The first-order chi connectivity index (χ1) is 27.1. The van der Waals surface area contributed by atoms with E-state index < -0.39 is 48.6 Å². The number of aliphatic hydroxyl groups excluding tert-OH is 2. The lowest BCUT2D eigenvalue weighted by atomic mass is 9.86. The van der Waals surface area contributed by atoms with Gasteiger partial charge >= 0.3 is 29.8 Å². The topological polar surface area (TPSA) is 197 Å². The molecule has 6 aliphatic rings. The number of carbonyl (C=O) groups is 5. The van der Waals surface area contributed by atoms with Crippen molar-refractivity contribution >= 4 is 29.8 Å². The van der Waals surface area contributed by atoms with E-state index in [-0.39, 0.29) is 99.1 Å². The summed E-state index contributed by atoms with van der Waals surface area (Å²) >= 11 is 0. The lowest BCUT2D eigenvalue weighted by molar-refractivity contribution is -0.169. The number of epoxide rings is 2. The van der Waals surface area contributed by atoms with Gasteiger partial charge in [-0.25, -0.2) is 0 Å². The summed E-state index contributed by atoms with van der Waals surface area (Å²) in [6.07, 6.45) is 12.3. The van der Waals surface area contributed by atoms with Gasteiger partial charge in [-0.3, -0.25) is 24.0 Å². The second-order valence-electron chi connectivity index (χ2n) is 17.4. The van der Waals surface area contributed by atoms with E-state index in [1.54, 1.807) is 0 Å². The Morgan fingerprint density at radius 3 is 1.59 bits per heavy atom. The number of ether oxygens (including phenoxy) is 7. The Bertz CT molecular complexity index is 1310. The first-order valence-corrected chi connectivity index (χ1v) is 21.6. The van der Waals surface area contributed by atoms with Gasteiger partial charge in [0.05, 0.1) is 94.3 Å². The van der Waals surface area contributed by atoms with E-state index in [2.05, 4.69) is 0 Å². The average Bonchev–Trinajstić information content (AvgIpc) is 4.13. The van der Waals surface area contributed by atoms with Crippen LogP contribution in [0.2, 0.25) is 0 Å². The molecule has 6 fully saturated rings. The number of hydrogen-bond donors (Lipinski definition) is 2. The highest BCUT2D eigenvalue weighted by Gasteiger charge is 2.46. The number of hydrogen-bond acceptors (Lipinski definition) is 14. The monoisotopic (exact) mass is 792 g/mol. The molecular weight excluding hydrogens is 728 g/mol. The molecule has 2 N–H and O–H groups in total. The van der Waals surface area contributed by atoms with E-state index in [0.717, 1.165) is 70.6 Å². The molecule has 0 aromatic rings. The molecule has 10 atom stereocenters. The highest BCUT2D eigenvalue weighted by atomic mass is 16.6. The zero-order valence-electron chi connectivity index (χ0n) is 32.9. The molecule has 2 aliphatic heterocycles. The largest absolute Gasteiger partial charge is 0.466 e. The minimum absolute atomic E-state index is 0.0550. The second kappa shape index (κ2) is 21.3. The molecule has 14 heteroatoms. The van der Waals surface area contributed by atoms with Crippen LogP contribution in [-0.4, -0.2) is 110 Å². The maximum atomic E-state index is 13.9. The Labute approximate surface area is 330 Å². The van der Waals surface area contributed by atoms with Crippen LogP contribution in [0.1, 0.15) is 128 Å². The molecule has 0 radical (unpaired) electrons. The van der Waals surface area contributed by atoms with Crippen molar-refractivity contribution in [3.63, 3.8) is 0 Å². The molecule has 4 aliphatic carbocycles. The van der Waals surface area contributed by atoms with Crippen LogP contribution in [0, 0.1) is 35.5 Å². The SMILES string of the molecule is O=C(CCCCCOC(=O)CC(C(=O)OCC1CCC2OC2C1)C(CC(=O)OCC1CCC(O)CC1)C(=O)OCC1CCC2OC2C1)OCC1CCCC(O)C1. The van der Waals surface area contributed by atoms with Gasteiger partial charge in [-0.2, -0.15) is 0 Å². The molecule has 0 amide bonds. The van der Waals surface area contributed by atoms with Crippen molar-refractivity contribution in [2.24, 2.45) is 35.5 Å². The van der Waals surface area contributed by atoms with Crippen molar-refractivity contribution in [2.75, 3.05) is 33.0 Å². The third kappa shape index (κ3) is 13.9. The number of fused-ring (bicyclic) bond motifs is 2. The Morgan fingerprint density at radius 2 is 1.00 bits per heavy atom. The summed E-state index contributed by atoms with van der Waals surface area (Å²) in [5, 5.41) is 19.7. The van der Waals surface area contributed by atoms with Gasteiger partial charge in [0.1, 0.15) is 0 Å². The Balaban J connectivity index is 1.01. The van der Waals surface area contributed by atoms with Gasteiger partial charge in [0.2, 0.25) is 0 Å². The molecule has 0 bridgehead atoms. The highest BCUT2D eigenvalue weighted by molar-refractivity contribution is 5.88. The average molecular weight is 793 g/mol. The predicted octanol–water partition coefficient (Wildman–Crippen LogP) is 4.51. The summed E-state index contributed by atoms with van der Waals surface area (Å²) in [7, 11) is 0. The van der Waals surface area contributed by atoms with Crippen molar-refractivity contribution in [3.8, 4) is 0 Å². The van der Waals surface area contributed by atoms with Gasteiger partial charge in [-0.1, -0.05) is 6.42 Å². The van der Waals surface area contributed by atoms with Crippen molar-refractivity contribution in [2.45, 2.75) is 165 Å². The highest BCUT2D eigenvalue weighted by Crippen LogP contribution is 2.41. The molecule has 56 heavy (non-hydrogen) atoms. The number of carbonyl (C=O) groups excluding carboxylic acids is 5. The molecule has 10 unspecified atom stereocenters. The van der Waals surface area contributed by atoms with Crippen LogP contribution in [0.3, 0.4) is 0 Å². The van der Waals surface area contributed by atoms with Crippen LogP contribution >= 0.6 is 0 Å². The molecule has 2 saturated heterocycles. The Kier molecular flexibility index (Phi) is 16.2. The zero-order valence-corrected chi connectivity index (χ0v) is 32.9. The molecule has 14 nitrogen and oxygen atoms in total. The van der Waals surface area contributed by atoms with E-state index in [1.165, 1.54) is 0 Å². The maximum absolute atomic E-state index is 13.9. The summed E-state index contributed by atoms with van der Waals surface area (Å²) in [6, 6.07) is 0. The third-order valence-corrected chi connectivity index (χ3v) is 12.8. The fourth-order valence-electron chi connectivity index (χ4n) is 9.10. The summed E-state index contributed by atoms with van der Waals surface area (Å²) in [5.74, 6) is -5.36. The number of unbranched alkanes of at least 4 members (excludes halogenated alkanes) is 2. The molecule has 316 valence electrons. The summed E-state index contributed by atoms with van der Waals surface area (Å²) < 4.78 is 39.4. The van der Waals surface area contributed by atoms with Gasteiger partial charge in [-0.05, 0) is 126 Å².